The number of carbonyl (C=O) groups excluding carboxylic acids is 1. The molecule has 0 unspecified atom stereocenters. The van der Waals surface area contributed by atoms with Gasteiger partial charge in [-0.3, -0.25) is 9.69 Å². The highest BCUT2D eigenvalue weighted by Crippen LogP contribution is 2.40. The maximum atomic E-state index is 12.7. The quantitative estimate of drug-likeness (QED) is 0.717. The van der Waals surface area contributed by atoms with Crippen LogP contribution in [0.5, 0.6) is 0 Å². The van der Waals surface area contributed by atoms with Crippen LogP contribution in [0.3, 0.4) is 0 Å². The lowest BCUT2D eigenvalue weighted by atomic mass is 9.79. The van der Waals surface area contributed by atoms with Crippen LogP contribution in [0.2, 0.25) is 5.02 Å². The second-order valence-corrected chi connectivity index (χ2v) is 8.64. The van der Waals surface area contributed by atoms with Crippen LogP contribution in [0.25, 0.3) is 0 Å². The fourth-order valence-corrected chi connectivity index (χ4v) is 4.49. The standard InChI is InChI=1S/C22H22ClF3N2O/c23-19-7-3-16(4-8-19)11-20(29)28-10-9-21(15-28)13-27(14-21)12-17-1-5-18(6-2-17)22(24,25)26/h1-8H,9-15H2. The average molecular weight is 423 g/mol. The van der Waals surface area contributed by atoms with Crippen molar-refractivity contribution in [2.75, 3.05) is 26.2 Å². The molecule has 2 fully saturated rings. The predicted molar refractivity (Wildman–Crippen MR) is 106 cm³/mol. The molecule has 154 valence electrons. The molecule has 7 heteroatoms. The van der Waals surface area contributed by atoms with Gasteiger partial charge < -0.3 is 4.90 Å². The molecule has 2 aromatic carbocycles. The third-order valence-corrected chi connectivity index (χ3v) is 6.12. The summed E-state index contributed by atoms with van der Waals surface area (Å²) in [5.41, 5.74) is 1.34. The van der Waals surface area contributed by atoms with Gasteiger partial charge in [-0.25, -0.2) is 0 Å². The summed E-state index contributed by atoms with van der Waals surface area (Å²) in [6.07, 6.45) is -2.95. The zero-order valence-corrected chi connectivity index (χ0v) is 16.6. The van der Waals surface area contributed by atoms with E-state index in [4.69, 9.17) is 11.6 Å². The Kier molecular flexibility index (Phi) is 5.34. The fraction of sp³-hybridized carbons (Fsp3) is 0.409. The minimum Gasteiger partial charge on any atom is -0.342 e. The summed E-state index contributed by atoms with van der Waals surface area (Å²) in [5, 5.41) is 0.656. The minimum absolute atomic E-state index is 0.127. The number of halogens is 4. The Labute approximate surface area is 173 Å². The Balaban J connectivity index is 1.27. The molecular weight excluding hydrogens is 401 g/mol. The Morgan fingerprint density at radius 1 is 0.966 bits per heavy atom. The molecule has 0 aromatic heterocycles. The molecule has 3 nitrogen and oxygen atoms in total. The highest BCUT2D eigenvalue weighted by atomic mass is 35.5. The Hall–Kier alpha value is -2.05. The lowest BCUT2D eigenvalue weighted by Gasteiger charge is -2.48. The van der Waals surface area contributed by atoms with Crippen LogP contribution in [0.1, 0.15) is 23.1 Å². The van der Waals surface area contributed by atoms with Crippen LogP contribution in [-0.2, 0) is 23.9 Å². The molecule has 0 bridgehead atoms. The van der Waals surface area contributed by atoms with Crippen LogP contribution in [0, 0.1) is 5.41 Å². The number of benzene rings is 2. The van der Waals surface area contributed by atoms with Crippen molar-refractivity contribution in [2.24, 2.45) is 5.41 Å². The summed E-state index contributed by atoms with van der Waals surface area (Å²) in [7, 11) is 0. The number of alkyl halides is 3. The van der Waals surface area contributed by atoms with E-state index in [1.807, 2.05) is 17.0 Å². The first kappa shape index (κ1) is 20.2. The van der Waals surface area contributed by atoms with E-state index in [2.05, 4.69) is 4.90 Å². The van der Waals surface area contributed by atoms with E-state index in [0.29, 0.717) is 18.0 Å². The second-order valence-electron chi connectivity index (χ2n) is 8.21. The molecule has 4 rings (SSSR count). The Morgan fingerprint density at radius 3 is 2.21 bits per heavy atom. The molecule has 1 amide bonds. The zero-order valence-electron chi connectivity index (χ0n) is 15.9. The van der Waals surface area contributed by atoms with E-state index >= 15 is 0 Å². The molecule has 2 aliphatic rings. The number of nitrogens with zero attached hydrogens (tertiary/aromatic N) is 2. The van der Waals surface area contributed by atoms with E-state index in [9.17, 15) is 18.0 Å². The number of likely N-dealkylation sites (tertiary alicyclic amines) is 2. The van der Waals surface area contributed by atoms with Gasteiger partial charge in [0.2, 0.25) is 5.91 Å². The number of hydrogen-bond acceptors (Lipinski definition) is 2. The fourth-order valence-electron chi connectivity index (χ4n) is 4.37. The van der Waals surface area contributed by atoms with Gasteiger partial charge in [0.15, 0.2) is 0 Å². The summed E-state index contributed by atoms with van der Waals surface area (Å²) in [4.78, 5) is 16.8. The molecule has 0 radical (unpaired) electrons. The second kappa shape index (κ2) is 7.65. The summed E-state index contributed by atoms with van der Waals surface area (Å²) >= 11 is 5.89. The highest BCUT2D eigenvalue weighted by Gasteiger charge is 2.48. The van der Waals surface area contributed by atoms with Crippen molar-refractivity contribution in [1.82, 2.24) is 9.80 Å². The van der Waals surface area contributed by atoms with E-state index in [1.54, 1.807) is 24.3 Å². The summed E-state index contributed by atoms with van der Waals surface area (Å²) in [6, 6.07) is 12.7. The topological polar surface area (TPSA) is 23.6 Å². The third-order valence-electron chi connectivity index (χ3n) is 5.87. The summed E-state index contributed by atoms with van der Waals surface area (Å²) in [5.74, 6) is 0.130. The molecule has 0 saturated carbocycles. The van der Waals surface area contributed by atoms with Crippen molar-refractivity contribution in [1.29, 1.82) is 0 Å². The first-order valence-corrected chi connectivity index (χ1v) is 10.0. The van der Waals surface area contributed by atoms with Crippen molar-refractivity contribution in [3.63, 3.8) is 0 Å². The van der Waals surface area contributed by atoms with Crippen LogP contribution >= 0.6 is 11.6 Å². The molecule has 29 heavy (non-hydrogen) atoms. The average Bonchev–Trinajstić information content (AvgIpc) is 3.09. The van der Waals surface area contributed by atoms with Gasteiger partial charge in [0.1, 0.15) is 0 Å². The number of hydrogen-bond donors (Lipinski definition) is 0. The van der Waals surface area contributed by atoms with E-state index < -0.39 is 11.7 Å². The van der Waals surface area contributed by atoms with Gasteiger partial charge in [-0.05, 0) is 41.8 Å². The molecule has 0 atom stereocenters. The Morgan fingerprint density at radius 2 is 1.59 bits per heavy atom. The molecule has 0 aliphatic carbocycles. The van der Waals surface area contributed by atoms with Gasteiger partial charge in [-0.15, -0.1) is 0 Å². The smallest absolute Gasteiger partial charge is 0.342 e. The number of rotatable bonds is 4. The van der Waals surface area contributed by atoms with Crippen molar-refractivity contribution >= 4 is 17.5 Å². The molecule has 2 heterocycles. The van der Waals surface area contributed by atoms with Gasteiger partial charge in [0, 0.05) is 43.2 Å². The summed E-state index contributed by atoms with van der Waals surface area (Å²) < 4.78 is 38.0. The zero-order chi connectivity index (χ0) is 20.6. The Bertz CT molecular complexity index is 874. The van der Waals surface area contributed by atoms with Crippen LogP contribution in [0.15, 0.2) is 48.5 Å². The molecule has 2 aromatic rings. The maximum Gasteiger partial charge on any atom is 0.416 e. The predicted octanol–water partition coefficient (Wildman–Crippen LogP) is 4.64. The van der Waals surface area contributed by atoms with Crippen molar-refractivity contribution in [3.8, 4) is 0 Å². The van der Waals surface area contributed by atoms with E-state index in [1.165, 1.54) is 0 Å². The van der Waals surface area contributed by atoms with Crippen molar-refractivity contribution in [3.05, 3.63) is 70.2 Å². The molecule has 0 N–H and O–H groups in total. The van der Waals surface area contributed by atoms with Crippen LogP contribution in [0.4, 0.5) is 13.2 Å². The lowest BCUT2D eigenvalue weighted by molar-refractivity contribution is -0.137. The van der Waals surface area contributed by atoms with E-state index in [-0.39, 0.29) is 11.3 Å². The highest BCUT2D eigenvalue weighted by molar-refractivity contribution is 6.30. The normalized spacial score (nSPS) is 18.8. The SMILES string of the molecule is O=C(Cc1ccc(Cl)cc1)N1CCC2(CN(Cc3ccc(C(F)(F)F)cc3)C2)C1. The molecular formula is C22H22ClF3N2O. The van der Waals surface area contributed by atoms with Gasteiger partial charge in [-0.2, -0.15) is 13.2 Å². The van der Waals surface area contributed by atoms with Gasteiger partial charge in [0.05, 0.1) is 12.0 Å². The van der Waals surface area contributed by atoms with Crippen molar-refractivity contribution < 1.29 is 18.0 Å². The lowest BCUT2D eigenvalue weighted by Crippen LogP contribution is -2.57. The van der Waals surface area contributed by atoms with Gasteiger partial charge >= 0.3 is 6.18 Å². The number of carbonyl (C=O) groups is 1. The van der Waals surface area contributed by atoms with E-state index in [0.717, 1.165) is 55.9 Å². The van der Waals surface area contributed by atoms with Crippen molar-refractivity contribution in [2.45, 2.75) is 25.6 Å². The first-order valence-electron chi connectivity index (χ1n) is 9.63. The molecule has 1 spiro atoms. The molecule has 2 saturated heterocycles. The first-order chi connectivity index (χ1) is 13.7. The largest absolute Gasteiger partial charge is 0.416 e. The minimum atomic E-state index is -4.30. The van der Waals surface area contributed by atoms with Crippen LogP contribution in [-0.4, -0.2) is 41.9 Å². The molecule has 2 aliphatic heterocycles. The third kappa shape index (κ3) is 4.59. The summed E-state index contributed by atoms with van der Waals surface area (Å²) in [6.45, 7) is 3.90. The number of amides is 1. The maximum absolute atomic E-state index is 12.7. The monoisotopic (exact) mass is 422 g/mol. The van der Waals surface area contributed by atoms with Gasteiger partial charge in [0.25, 0.3) is 0 Å². The van der Waals surface area contributed by atoms with Gasteiger partial charge in [-0.1, -0.05) is 35.9 Å². The van der Waals surface area contributed by atoms with Crippen LogP contribution < -0.4 is 0 Å².